The van der Waals surface area contributed by atoms with E-state index in [1.165, 1.54) is 0 Å². The summed E-state index contributed by atoms with van der Waals surface area (Å²) in [5, 5.41) is 4.62. The van der Waals surface area contributed by atoms with Crippen molar-refractivity contribution < 1.29 is 4.79 Å². The van der Waals surface area contributed by atoms with E-state index in [4.69, 9.17) is 0 Å². The minimum atomic E-state index is -0.0361. The molecule has 4 aromatic heterocycles. The van der Waals surface area contributed by atoms with Crippen LogP contribution in [0.4, 0.5) is 0 Å². The maximum atomic E-state index is 13.1. The van der Waals surface area contributed by atoms with Crippen LogP contribution in [0.3, 0.4) is 0 Å². The zero-order valence-corrected chi connectivity index (χ0v) is 17.6. The summed E-state index contributed by atoms with van der Waals surface area (Å²) in [6.07, 6.45) is 7.59. The van der Waals surface area contributed by atoms with Crippen molar-refractivity contribution in [1.82, 2.24) is 39.2 Å². The first kappa shape index (κ1) is 19.3. The van der Waals surface area contributed by atoms with Gasteiger partial charge < -0.3 is 9.47 Å². The summed E-state index contributed by atoms with van der Waals surface area (Å²) in [5.41, 5.74) is 3.02. The molecule has 9 nitrogen and oxygen atoms in total. The molecule has 31 heavy (non-hydrogen) atoms. The number of rotatable bonds is 4. The molecule has 1 aliphatic heterocycles. The monoisotopic (exact) mass is 416 g/mol. The van der Waals surface area contributed by atoms with Crippen molar-refractivity contribution >= 4 is 17.1 Å². The van der Waals surface area contributed by atoms with Gasteiger partial charge in [0.15, 0.2) is 11.5 Å². The number of pyridine rings is 2. The number of aromatic nitrogens is 7. The van der Waals surface area contributed by atoms with Gasteiger partial charge in [-0.15, -0.1) is 0 Å². The molecule has 0 saturated carbocycles. The third-order valence-electron chi connectivity index (χ3n) is 5.41. The molecule has 9 heteroatoms. The smallest absolute Gasteiger partial charge is 0.255 e. The van der Waals surface area contributed by atoms with Gasteiger partial charge in [-0.1, -0.05) is 13.8 Å². The number of hydrogen-bond donors (Lipinski definition) is 0. The number of hydrogen-bond acceptors (Lipinski definition) is 6. The zero-order valence-electron chi connectivity index (χ0n) is 17.6. The van der Waals surface area contributed by atoms with Crippen molar-refractivity contribution in [2.24, 2.45) is 5.92 Å². The highest BCUT2D eigenvalue weighted by molar-refractivity contribution is 5.96. The fourth-order valence-corrected chi connectivity index (χ4v) is 3.90. The predicted octanol–water partition coefficient (Wildman–Crippen LogP) is 2.44. The highest BCUT2D eigenvalue weighted by atomic mass is 16.2. The highest BCUT2D eigenvalue weighted by Gasteiger charge is 2.23. The first-order valence-electron chi connectivity index (χ1n) is 10.5. The Morgan fingerprint density at radius 1 is 1.16 bits per heavy atom. The summed E-state index contributed by atoms with van der Waals surface area (Å²) in [6, 6.07) is 5.66. The van der Waals surface area contributed by atoms with Crippen LogP contribution < -0.4 is 0 Å². The van der Waals surface area contributed by atoms with Crippen molar-refractivity contribution in [3.05, 3.63) is 54.5 Å². The van der Waals surface area contributed by atoms with E-state index in [0.717, 1.165) is 29.1 Å². The van der Waals surface area contributed by atoms with Gasteiger partial charge in [0.2, 0.25) is 0 Å². The van der Waals surface area contributed by atoms with E-state index in [-0.39, 0.29) is 5.91 Å². The van der Waals surface area contributed by atoms with Crippen molar-refractivity contribution in [2.45, 2.75) is 33.4 Å². The van der Waals surface area contributed by atoms with Crippen LogP contribution in [0.25, 0.3) is 22.6 Å². The molecule has 1 aliphatic rings. The number of carbonyl (C=O) groups excluding carboxylic acids is 1. The molecule has 0 N–H and O–H groups in total. The van der Waals surface area contributed by atoms with Gasteiger partial charge in [0.25, 0.3) is 5.91 Å². The van der Waals surface area contributed by atoms with Gasteiger partial charge in [0, 0.05) is 50.2 Å². The van der Waals surface area contributed by atoms with Crippen LogP contribution in [-0.4, -0.2) is 58.2 Å². The topological polar surface area (TPSA) is 94.6 Å². The Balaban J connectivity index is 1.32. The van der Waals surface area contributed by atoms with Crippen LogP contribution in [0.15, 0.2) is 43.1 Å². The van der Waals surface area contributed by atoms with Gasteiger partial charge in [-0.3, -0.25) is 9.78 Å². The van der Waals surface area contributed by atoms with E-state index < -0.39 is 0 Å². The first-order valence-corrected chi connectivity index (χ1v) is 10.5. The molecule has 0 fully saturated rings. The summed E-state index contributed by atoms with van der Waals surface area (Å²) in [6.45, 7) is 6.92. The van der Waals surface area contributed by atoms with Crippen molar-refractivity contribution in [3.63, 3.8) is 0 Å². The van der Waals surface area contributed by atoms with Crippen molar-refractivity contribution in [1.29, 1.82) is 0 Å². The standard InChI is InChI=1S/C22H24N8O/c1-15(2)13-29-14-25-18-10-17(12-24-21(18)29)22(31)28-7-5-19-26-20(27-30(19)9-8-28)16-4-3-6-23-11-16/h3-4,6,10-12,14-15H,5,7-9,13H2,1-2H3. The molecule has 0 radical (unpaired) electrons. The Bertz CT molecular complexity index is 1200. The van der Waals surface area contributed by atoms with E-state index in [2.05, 4.69) is 38.9 Å². The van der Waals surface area contributed by atoms with E-state index in [1.807, 2.05) is 32.3 Å². The van der Waals surface area contributed by atoms with Gasteiger partial charge in [0.05, 0.1) is 18.4 Å². The molecule has 0 aromatic carbocycles. The second-order valence-electron chi connectivity index (χ2n) is 8.22. The maximum absolute atomic E-state index is 13.1. The molecule has 0 spiro atoms. The molecule has 0 atom stereocenters. The van der Waals surface area contributed by atoms with Gasteiger partial charge in [0.1, 0.15) is 11.3 Å². The Kier molecular flexibility index (Phi) is 4.93. The molecule has 5 rings (SSSR count). The third kappa shape index (κ3) is 3.78. The van der Waals surface area contributed by atoms with Gasteiger partial charge in [-0.2, -0.15) is 5.10 Å². The molecule has 1 amide bonds. The molecule has 158 valence electrons. The third-order valence-corrected chi connectivity index (χ3v) is 5.41. The maximum Gasteiger partial charge on any atom is 0.255 e. The second kappa shape index (κ2) is 7.90. The second-order valence-corrected chi connectivity index (χ2v) is 8.22. The molecule has 4 aromatic rings. The van der Waals surface area contributed by atoms with Crippen LogP contribution in [-0.2, 0) is 19.5 Å². The van der Waals surface area contributed by atoms with Crippen LogP contribution in [0.2, 0.25) is 0 Å². The lowest BCUT2D eigenvalue weighted by atomic mass is 10.2. The average molecular weight is 416 g/mol. The van der Waals surface area contributed by atoms with Gasteiger partial charge >= 0.3 is 0 Å². The number of fused-ring (bicyclic) bond motifs is 2. The highest BCUT2D eigenvalue weighted by Crippen LogP contribution is 2.18. The number of imidazole rings is 1. The summed E-state index contributed by atoms with van der Waals surface area (Å²) >= 11 is 0. The van der Waals surface area contributed by atoms with Crippen LogP contribution in [0.1, 0.15) is 30.0 Å². The van der Waals surface area contributed by atoms with Crippen LogP contribution in [0.5, 0.6) is 0 Å². The Morgan fingerprint density at radius 3 is 2.87 bits per heavy atom. The van der Waals surface area contributed by atoms with Crippen LogP contribution >= 0.6 is 0 Å². The zero-order chi connectivity index (χ0) is 21.4. The average Bonchev–Trinajstić information content (AvgIpc) is 3.32. The number of nitrogens with zero attached hydrogens (tertiary/aromatic N) is 8. The molecular weight excluding hydrogens is 392 g/mol. The molecule has 0 saturated heterocycles. The lowest BCUT2D eigenvalue weighted by Crippen LogP contribution is -2.33. The van der Waals surface area contributed by atoms with E-state index in [9.17, 15) is 4.79 Å². The molecule has 0 bridgehead atoms. The van der Waals surface area contributed by atoms with E-state index in [1.54, 1.807) is 24.9 Å². The molecular formula is C22H24N8O. The Hall–Kier alpha value is -3.62. The molecule has 0 aliphatic carbocycles. The summed E-state index contributed by atoms with van der Waals surface area (Å²) in [4.78, 5) is 32.7. The number of carbonyl (C=O) groups is 1. The summed E-state index contributed by atoms with van der Waals surface area (Å²) < 4.78 is 3.93. The summed E-state index contributed by atoms with van der Waals surface area (Å²) in [5.74, 6) is 2.02. The lowest BCUT2D eigenvalue weighted by Gasteiger charge is -2.19. The fourth-order valence-electron chi connectivity index (χ4n) is 3.90. The number of amides is 1. The minimum absolute atomic E-state index is 0.0361. The van der Waals surface area contributed by atoms with E-state index in [0.29, 0.717) is 43.4 Å². The van der Waals surface area contributed by atoms with Crippen molar-refractivity contribution in [2.75, 3.05) is 13.1 Å². The van der Waals surface area contributed by atoms with Gasteiger partial charge in [-0.05, 0) is 24.1 Å². The SMILES string of the molecule is CC(C)Cn1cnc2cc(C(=O)N3CCc4nc(-c5cccnc5)nn4CC3)cnc21. The molecule has 0 unspecified atom stereocenters. The summed E-state index contributed by atoms with van der Waals surface area (Å²) in [7, 11) is 0. The Labute approximate surface area is 179 Å². The largest absolute Gasteiger partial charge is 0.336 e. The quantitative estimate of drug-likeness (QED) is 0.507. The fraction of sp³-hybridized carbons (Fsp3) is 0.364. The normalized spacial score (nSPS) is 14.1. The minimum Gasteiger partial charge on any atom is -0.336 e. The lowest BCUT2D eigenvalue weighted by molar-refractivity contribution is 0.0758. The Morgan fingerprint density at radius 2 is 2.06 bits per heavy atom. The van der Waals surface area contributed by atoms with Gasteiger partial charge in [-0.25, -0.2) is 19.6 Å². The first-order chi connectivity index (χ1) is 15.1. The van der Waals surface area contributed by atoms with Crippen molar-refractivity contribution in [3.8, 4) is 11.4 Å². The van der Waals surface area contributed by atoms with E-state index >= 15 is 0 Å². The van der Waals surface area contributed by atoms with Crippen LogP contribution in [0, 0.1) is 5.92 Å². The molecule has 5 heterocycles. The predicted molar refractivity (Wildman–Crippen MR) is 115 cm³/mol.